The Morgan fingerprint density at radius 3 is 2.89 bits per heavy atom. The summed E-state index contributed by atoms with van der Waals surface area (Å²) in [7, 11) is 1.74. The van der Waals surface area contributed by atoms with Gasteiger partial charge in [0.05, 0.1) is 0 Å². The molecule has 2 rings (SSSR count). The Kier molecular flexibility index (Phi) is 3.62. The molecule has 2 aromatic rings. The molecule has 0 spiro atoms. The first kappa shape index (κ1) is 12.6. The highest BCUT2D eigenvalue weighted by molar-refractivity contribution is 6.67. The Balaban J connectivity index is 2.20. The lowest BCUT2D eigenvalue weighted by atomic mass is 10.1. The number of ether oxygens (including phenoxy) is 1. The predicted octanol–water partition coefficient (Wildman–Crippen LogP) is 2.52. The lowest BCUT2D eigenvalue weighted by Crippen LogP contribution is -2.06. The van der Waals surface area contributed by atoms with Crippen LogP contribution < -0.4 is 4.74 Å². The molecule has 0 saturated carbocycles. The van der Waals surface area contributed by atoms with E-state index >= 15 is 0 Å². The van der Waals surface area contributed by atoms with Crippen molar-refractivity contribution in [2.75, 3.05) is 0 Å². The molecule has 0 bridgehead atoms. The van der Waals surface area contributed by atoms with E-state index in [1.165, 1.54) is 18.2 Å². The molecule has 0 atom stereocenters. The molecule has 18 heavy (non-hydrogen) atoms. The minimum absolute atomic E-state index is 0.0997. The maximum Gasteiger partial charge on any atom is 0.252 e. The van der Waals surface area contributed by atoms with Crippen LogP contribution in [-0.2, 0) is 13.7 Å². The first-order valence-corrected chi connectivity index (χ1v) is 5.55. The number of carbonyl (C=O) groups is 1. The number of rotatable bonds is 4. The van der Waals surface area contributed by atoms with Gasteiger partial charge < -0.3 is 4.74 Å². The molecule has 0 amide bonds. The number of hydrogen-bond acceptors (Lipinski definition) is 3. The summed E-state index contributed by atoms with van der Waals surface area (Å²) in [4.78, 5) is 11.2. The van der Waals surface area contributed by atoms with Gasteiger partial charge in [-0.15, -0.1) is 5.10 Å². The van der Waals surface area contributed by atoms with Crippen molar-refractivity contribution >= 4 is 16.8 Å². The van der Waals surface area contributed by atoms with Gasteiger partial charge in [0.1, 0.15) is 12.4 Å². The molecular formula is C12H10ClFN2O2. The Bertz CT molecular complexity index is 583. The van der Waals surface area contributed by atoms with Crippen LogP contribution in [0.2, 0.25) is 0 Å². The van der Waals surface area contributed by atoms with Crippen molar-refractivity contribution in [2.45, 2.75) is 6.61 Å². The number of nitrogens with zero attached hydrogens (tertiary/aromatic N) is 2. The summed E-state index contributed by atoms with van der Waals surface area (Å²) in [6, 6.07) is 5.77. The normalized spacial score (nSPS) is 10.4. The van der Waals surface area contributed by atoms with Gasteiger partial charge in [-0.2, -0.15) is 0 Å². The van der Waals surface area contributed by atoms with Gasteiger partial charge in [0.2, 0.25) is 5.88 Å². The smallest absolute Gasteiger partial charge is 0.252 e. The van der Waals surface area contributed by atoms with E-state index < -0.39 is 11.1 Å². The Hall–Kier alpha value is -1.88. The summed E-state index contributed by atoms with van der Waals surface area (Å²) in [6.45, 7) is -0.0997. The monoisotopic (exact) mass is 268 g/mol. The van der Waals surface area contributed by atoms with Gasteiger partial charge in [0.25, 0.3) is 5.24 Å². The molecule has 1 aromatic heterocycles. The van der Waals surface area contributed by atoms with Crippen LogP contribution in [0.25, 0.3) is 0 Å². The van der Waals surface area contributed by atoms with E-state index in [-0.39, 0.29) is 17.7 Å². The molecule has 0 N–H and O–H groups in total. The molecule has 4 nitrogen and oxygen atoms in total. The number of aryl methyl sites for hydroxylation is 1. The summed E-state index contributed by atoms with van der Waals surface area (Å²) >= 11 is 5.39. The van der Waals surface area contributed by atoms with Crippen molar-refractivity contribution in [3.05, 3.63) is 47.4 Å². The van der Waals surface area contributed by atoms with Crippen molar-refractivity contribution in [3.63, 3.8) is 0 Å². The maximum atomic E-state index is 13.6. The standard InChI is InChI=1S/C12H10ClFN2O2/c1-16-6-5-11(15-16)18-7-9-8(12(13)17)3-2-4-10(9)14/h2-6H,7H2,1H3. The molecule has 94 valence electrons. The summed E-state index contributed by atoms with van der Waals surface area (Å²) < 4.78 is 20.5. The third kappa shape index (κ3) is 2.68. The van der Waals surface area contributed by atoms with E-state index in [0.29, 0.717) is 5.88 Å². The minimum Gasteiger partial charge on any atom is -0.472 e. The third-order valence-electron chi connectivity index (χ3n) is 2.38. The van der Waals surface area contributed by atoms with Crippen molar-refractivity contribution in [2.24, 2.45) is 7.05 Å². The average Bonchev–Trinajstić information content (AvgIpc) is 2.73. The SMILES string of the molecule is Cn1ccc(OCc2c(F)cccc2C(=O)Cl)n1. The summed E-state index contributed by atoms with van der Waals surface area (Å²) in [5.74, 6) is -0.175. The fraction of sp³-hybridized carbons (Fsp3) is 0.167. The van der Waals surface area contributed by atoms with Crippen LogP contribution in [0.5, 0.6) is 5.88 Å². The Morgan fingerprint density at radius 1 is 1.50 bits per heavy atom. The van der Waals surface area contributed by atoms with E-state index in [4.69, 9.17) is 16.3 Å². The molecular weight excluding hydrogens is 259 g/mol. The zero-order valence-electron chi connectivity index (χ0n) is 9.56. The first-order chi connectivity index (χ1) is 8.58. The summed E-state index contributed by atoms with van der Waals surface area (Å²) in [5.41, 5.74) is 0.232. The van der Waals surface area contributed by atoms with E-state index in [0.717, 1.165) is 0 Å². The molecule has 1 heterocycles. The van der Waals surface area contributed by atoms with E-state index in [2.05, 4.69) is 5.10 Å². The summed E-state index contributed by atoms with van der Waals surface area (Å²) in [6.07, 6.45) is 1.70. The van der Waals surface area contributed by atoms with Gasteiger partial charge in [-0.25, -0.2) is 4.39 Å². The van der Waals surface area contributed by atoms with Gasteiger partial charge in [-0.3, -0.25) is 9.48 Å². The van der Waals surface area contributed by atoms with E-state index in [1.54, 1.807) is 24.0 Å². The number of benzene rings is 1. The fourth-order valence-corrected chi connectivity index (χ4v) is 1.68. The molecule has 0 aliphatic heterocycles. The molecule has 0 fully saturated rings. The van der Waals surface area contributed by atoms with Gasteiger partial charge in [0, 0.05) is 30.4 Å². The van der Waals surface area contributed by atoms with Gasteiger partial charge in [-0.05, 0) is 23.7 Å². The minimum atomic E-state index is -0.714. The second-order valence-corrected chi connectivity index (χ2v) is 4.00. The first-order valence-electron chi connectivity index (χ1n) is 5.17. The van der Waals surface area contributed by atoms with Crippen LogP contribution in [-0.4, -0.2) is 15.0 Å². The molecule has 1 aromatic carbocycles. The van der Waals surface area contributed by atoms with Gasteiger partial charge in [0.15, 0.2) is 0 Å². The zero-order valence-corrected chi connectivity index (χ0v) is 10.3. The molecule has 0 aliphatic rings. The van der Waals surface area contributed by atoms with Gasteiger partial charge >= 0.3 is 0 Å². The predicted molar refractivity (Wildman–Crippen MR) is 64.1 cm³/mol. The summed E-state index contributed by atoms with van der Waals surface area (Å²) in [5, 5.41) is 3.27. The number of halogens is 2. The van der Waals surface area contributed by atoms with Crippen LogP contribution in [0.15, 0.2) is 30.5 Å². The highest BCUT2D eigenvalue weighted by atomic mass is 35.5. The van der Waals surface area contributed by atoms with Crippen LogP contribution >= 0.6 is 11.6 Å². The van der Waals surface area contributed by atoms with Crippen molar-refractivity contribution in [1.29, 1.82) is 0 Å². The fourth-order valence-electron chi connectivity index (χ4n) is 1.51. The van der Waals surface area contributed by atoms with Crippen LogP contribution in [0.4, 0.5) is 4.39 Å². The van der Waals surface area contributed by atoms with Crippen molar-refractivity contribution in [1.82, 2.24) is 9.78 Å². The van der Waals surface area contributed by atoms with Crippen LogP contribution in [0.3, 0.4) is 0 Å². The highest BCUT2D eigenvalue weighted by Gasteiger charge is 2.14. The molecule has 0 saturated heterocycles. The molecule has 0 aliphatic carbocycles. The van der Waals surface area contributed by atoms with E-state index in [1.807, 2.05) is 0 Å². The third-order valence-corrected chi connectivity index (χ3v) is 2.59. The number of hydrogen-bond donors (Lipinski definition) is 0. The zero-order chi connectivity index (χ0) is 13.1. The quantitative estimate of drug-likeness (QED) is 0.801. The maximum absolute atomic E-state index is 13.6. The molecule has 0 radical (unpaired) electrons. The molecule has 0 unspecified atom stereocenters. The van der Waals surface area contributed by atoms with E-state index in [9.17, 15) is 9.18 Å². The second-order valence-electron chi connectivity index (χ2n) is 3.66. The Labute approximate surface area is 108 Å². The molecule has 6 heteroatoms. The Morgan fingerprint density at radius 2 is 2.28 bits per heavy atom. The number of aromatic nitrogens is 2. The van der Waals surface area contributed by atoms with Gasteiger partial charge in [-0.1, -0.05) is 6.07 Å². The lowest BCUT2D eigenvalue weighted by Gasteiger charge is -2.07. The number of carbonyl (C=O) groups excluding carboxylic acids is 1. The largest absolute Gasteiger partial charge is 0.472 e. The van der Waals surface area contributed by atoms with Crippen LogP contribution in [0, 0.1) is 5.82 Å². The topological polar surface area (TPSA) is 44.1 Å². The highest BCUT2D eigenvalue weighted by Crippen LogP contribution is 2.18. The van der Waals surface area contributed by atoms with Crippen molar-refractivity contribution < 1.29 is 13.9 Å². The van der Waals surface area contributed by atoms with Crippen molar-refractivity contribution in [3.8, 4) is 5.88 Å². The lowest BCUT2D eigenvalue weighted by molar-refractivity contribution is 0.107. The average molecular weight is 269 g/mol. The second kappa shape index (κ2) is 5.18. The van der Waals surface area contributed by atoms with Crippen LogP contribution in [0.1, 0.15) is 15.9 Å².